The summed E-state index contributed by atoms with van der Waals surface area (Å²) in [6.45, 7) is 6.56. The van der Waals surface area contributed by atoms with E-state index in [-0.39, 0.29) is 5.41 Å². The van der Waals surface area contributed by atoms with Gasteiger partial charge in [0.2, 0.25) is 4.77 Å². The second-order valence-electron chi connectivity index (χ2n) is 6.25. The summed E-state index contributed by atoms with van der Waals surface area (Å²) in [6, 6.07) is 11.9. The molecule has 0 spiro atoms. The van der Waals surface area contributed by atoms with Crippen LogP contribution in [0.5, 0.6) is 0 Å². The van der Waals surface area contributed by atoms with Crippen LogP contribution in [0, 0.1) is 4.77 Å². The minimum Gasteiger partial charge on any atom is -0.463 e. The van der Waals surface area contributed by atoms with Gasteiger partial charge in [-0.2, -0.15) is 14.9 Å². The molecule has 0 aliphatic carbocycles. The van der Waals surface area contributed by atoms with Gasteiger partial charge in [-0.1, -0.05) is 45.0 Å². The molecule has 6 heteroatoms. The Hall–Kier alpha value is -2.47. The zero-order valence-corrected chi connectivity index (χ0v) is 14.1. The molecule has 0 saturated carbocycles. The minimum absolute atomic E-state index is 0.112. The second kappa shape index (κ2) is 5.96. The van der Waals surface area contributed by atoms with Gasteiger partial charge in [-0.25, -0.2) is 5.10 Å². The van der Waals surface area contributed by atoms with Crippen LogP contribution in [0.15, 0.2) is 52.2 Å². The molecule has 2 aromatic heterocycles. The van der Waals surface area contributed by atoms with Crippen molar-refractivity contribution in [2.24, 2.45) is 5.10 Å². The molecule has 0 unspecified atom stereocenters. The Bertz CT molecular complexity index is 865. The van der Waals surface area contributed by atoms with E-state index < -0.39 is 0 Å². The lowest BCUT2D eigenvalue weighted by Crippen LogP contribution is -2.10. The average molecular weight is 326 g/mol. The van der Waals surface area contributed by atoms with Gasteiger partial charge in [0.15, 0.2) is 5.82 Å². The molecule has 5 nitrogen and oxygen atoms in total. The van der Waals surface area contributed by atoms with Gasteiger partial charge in [0.1, 0.15) is 5.76 Å². The molecular weight excluding hydrogens is 308 g/mol. The lowest BCUT2D eigenvalue weighted by atomic mass is 9.87. The van der Waals surface area contributed by atoms with Crippen molar-refractivity contribution < 1.29 is 4.42 Å². The van der Waals surface area contributed by atoms with Crippen molar-refractivity contribution in [1.82, 2.24) is 14.9 Å². The van der Waals surface area contributed by atoms with Gasteiger partial charge in [-0.05, 0) is 35.3 Å². The normalized spacial score (nSPS) is 12.1. The molecule has 0 saturated heterocycles. The van der Waals surface area contributed by atoms with Crippen LogP contribution in [0.2, 0.25) is 0 Å². The lowest BCUT2D eigenvalue weighted by molar-refractivity contribution is 0.559. The third-order valence-electron chi connectivity index (χ3n) is 3.50. The molecule has 0 radical (unpaired) electrons. The smallest absolute Gasteiger partial charge is 0.216 e. The Kier molecular flexibility index (Phi) is 4.00. The summed E-state index contributed by atoms with van der Waals surface area (Å²) in [5, 5.41) is 11.4. The highest BCUT2D eigenvalue weighted by Gasteiger charge is 2.14. The maximum atomic E-state index is 5.25. The topological polar surface area (TPSA) is 59.1 Å². The van der Waals surface area contributed by atoms with Crippen molar-refractivity contribution in [3.8, 4) is 11.4 Å². The first-order valence-electron chi connectivity index (χ1n) is 7.31. The number of aromatic amines is 1. The van der Waals surface area contributed by atoms with Gasteiger partial charge in [0, 0.05) is 5.56 Å². The van der Waals surface area contributed by atoms with Gasteiger partial charge >= 0.3 is 0 Å². The third-order valence-corrected chi connectivity index (χ3v) is 3.77. The highest BCUT2D eigenvalue weighted by atomic mass is 32.1. The second-order valence-corrected chi connectivity index (χ2v) is 6.64. The number of rotatable bonds is 3. The van der Waals surface area contributed by atoms with Crippen LogP contribution in [0.4, 0.5) is 0 Å². The first kappa shape index (κ1) is 15.4. The molecule has 3 aromatic rings. The van der Waals surface area contributed by atoms with Crippen molar-refractivity contribution in [2.45, 2.75) is 26.2 Å². The number of hydrogen-bond donors (Lipinski definition) is 1. The van der Waals surface area contributed by atoms with E-state index in [2.05, 4.69) is 48.2 Å². The predicted molar refractivity (Wildman–Crippen MR) is 93.2 cm³/mol. The van der Waals surface area contributed by atoms with E-state index in [1.54, 1.807) is 17.2 Å². The third kappa shape index (κ3) is 3.32. The summed E-state index contributed by atoms with van der Waals surface area (Å²) in [4.78, 5) is 0. The zero-order valence-electron chi connectivity index (χ0n) is 13.3. The number of benzene rings is 1. The SMILES string of the molecule is CC(C)(C)c1ccc(-c2n[nH]c(=S)n2/N=C/c2ccco2)cc1. The highest BCUT2D eigenvalue weighted by Crippen LogP contribution is 2.25. The van der Waals surface area contributed by atoms with Crippen LogP contribution < -0.4 is 0 Å². The number of hydrogen-bond acceptors (Lipinski definition) is 4. The molecule has 0 amide bonds. The summed E-state index contributed by atoms with van der Waals surface area (Å²) < 4.78 is 7.26. The van der Waals surface area contributed by atoms with Crippen molar-refractivity contribution in [3.63, 3.8) is 0 Å². The number of furan rings is 1. The molecule has 3 rings (SSSR count). The molecule has 23 heavy (non-hydrogen) atoms. The molecule has 0 fully saturated rings. The predicted octanol–water partition coefficient (Wildman–Crippen LogP) is 4.38. The lowest BCUT2D eigenvalue weighted by Gasteiger charge is -2.18. The molecule has 1 N–H and O–H groups in total. The van der Waals surface area contributed by atoms with Gasteiger partial charge in [0.25, 0.3) is 0 Å². The van der Waals surface area contributed by atoms with E-state index in [1.807, 2.05) is 24.3 Å². The number of aromatic nitrogens is 3. The molecule has 118 valence electrons. The fourth-order valence-electron chi connectivity index (χ4n) is 2.18. The number of H-pyrrole nitrogens is 1. The molecule has 2 heterocycles. The van der Waals surface area contributed by atoms with Crippen molar-refractivity contribution in [1.29, 1.82) is 0 Å². The Labute approximate surface area is 139 Å². The van der Waals surface area contributed by atoms with E-state index in [9.17, 15) is 0 Å². The van der Waals surface area contributed by atoms with Crippen LogP contribution >= 0.6 is 12.2 Å². The van der Waals surface area contributed by atoms with Crippen molar-refractivity contribution >= 4 is 18.4 Å². The van der Waals surface area contributed by atoms with E-state index in [0.717, 1.165) is 5.56 Å². The molecule has 0 bridgehead atoms. The van der Waals surface area contributed by atoms with Crippen molar-refractivity contribution in [3.05, 3.63) is 58.8 Å². The molecule has 0 aliphatic heterocycles. The fraction of sp³-hybridized carbons (Fsp3) is 0.235. The standard InChI is InChI=1S/C17H18N4OS/c1-17(2,3)13-8-6-12(7-9-13)15-19-20-16(23)21(15)18-11-14-5-4-10-22-14/h4-11H,1-3H3,(H,20,23)/b18-11+. The summed E-state index contributed by atoms with van der Waals surface area (Å²) >= 11 is 5.25. The van der Waals surface area contributed by atoms with Crippen LogP contribution in [0.1, 0.15) is 32.1 Å². The van der Waals surface area contributed by atoms with E-state index in [1.165, 1.54) is 5.56 Å². The Morgan fingerprint density at radius 2 is 1.96 bits per heavy atom. The number of nitrogens with one attached hydrogen (secondary N) is 1. The average Bonchev–Trinajstić information content (AvgIpc) is 3.14. The summed E-state index contributed by atoms with van der Waals surface area (Å²) in [5.41, 5.74) is 2.32. The van der Waals surface area contributed by atoms with Crippen LogP contribution in [0.3, 0.4) is 0 Å². The first-order valence-corrected chi connectivity index (χ1v) is 7.72. The molecular formula is C17H18N4OS. The molecule has 0 aliphatic rings. The minimum atomic E-state index is 0.112. The van der Waals surface area contributed by atoms with Crippen LogP contribution in [0.25, 0.3) is 11.4 Å². The highest BCUT2D eigenvalue weighted by molar-refractivity contribution is 7.71. The van der Waals surface area contributed by atoms with Gasteiger partial charge in [-0.15, -0.1) is 0 Å². The van der Waals surface area contributed by atoms with E-state index in [0.29, 0.717) is 16.4 Å². The van der Waals surface area contributed by atoms with Crippen molar-refractivity contribution in [2.75, 3.05) is 0 Å². The Balaban J connectivity index is 1.96. The summed E-state index contributed by atoms with van der Waals surface area (Å²) in [6.07, 6.45) is 3.21. The molecule has 0 atom stereocenters. The quantitative estimate of drug-likeness (QED) is 0.574. The van der Waals surface area contributed by atoms with Gasteiger partial charge in [-0.3, -0.25) is 0 Å². The Morgan fingerprint density at radius 3 is 2.57 bits per heavy atom. The van der Waals surface area contributed by atoms with Gasteiger partial charge in [0.05, 0.1) is 12.5 Å². The number of nitrogens with zero attached hydrogens (tertiary/aromatic N) is 3. The van der Waals surface area contributed by atoms with E-state index in [4.69, 9.17) is 16.6 Å². The summed E-state index contributed by atoms with van der Waals surface area (Å²) in [7, 11) is 0. The van der Waals surface area contributed by atoms with Gasteiger partial charge < -0.3 is 4.42 Å². The van der Waals surface area contributed by atoms with Crippen LogP contribution in [-0.4, -0.2) is 21.1 Å². The monoisotopic (exact) mass is 326 g/mol. The molecule has 1 aromatic carbocycles. The maximum Gasteiger partial charge on any atom is 0.216 e. The largest absolute Gasteiger partial charge is 0.463 e. The fourth-order valence-corrected chi connectivity index (χ4v) is 2.36. The van der Waals surface area contributed by atoms with E-state index >= 15 is 0 Å². The first-order chi connectivity index (χ1) is 10.9. The maximum absolute atomic E-state index is 5.25. The zero-order chi connectivity index (χ0) is 16.4. The van der Waals surface area contributed by atoms with Crippen LogP contribution in [-0.2, 0) is 5.41 Å². The summed E-state index contributed by atoms with van der Waals surface area (Å²) in [5.74, 6) is 1.32. The Morgan fingerprint density at radius 1 is 1.22 bits per heavy atom.